The van der Waals surface area contributed by atoms with Crippen molar-refractivity contribution in [1.29, 1.82) is 0 Å². The average molecular weight is 145 g/mol. The summed E-state index contributed by atoms with van der Waals surface area (Å²) in [7, 11) is 0. The largest absolute Gasteiger partial charge is 0.257 e. The summed E-state index contributed by atoms with van der Waals surface area (Å²) in [5, 5.41) is 0. The summed E-state index contributed by atoms with van der Waals surface area (Å²) in [5.74, 6) is 0. The molecule has 56 valence electrons. The van der Waals surface area contributed by atoms with Gasteiger partial charge in [-0.3, -0.25) is 4.98 Å². The third-order valence-electron chi connectivity index (χ3n) is 1.26. The van der Waals surface area contributed by atoms with E-state index in [0.29, 0.717) is 0 Å². The highest BCUT2D eigenvalue weighted by molar-refractivity contribution is 5.46. The maximum atomic E-state index is 4.13. The van der Waals surface area contributed by atoms with Gasteiger partial charge in [0.25, 0.3) is 0 Å². The molecule has 0 N–H and O–H groups in total. The molecule has 1 aromatic heterocycles. The predicted octanol–water partition coefficient (Wildman–Crippen LogP) is 2.67. The Kier molecular flexibility index (Phi) is 3.13. The number of allylic oxidation sites excluding steroid dienone is 3. The highest BCUT2D eigenvalue weighted by Crippen LogP contribution is 1.95. The standard InChI is InChI=1S/C10H11N/c1-2-3-4-7-10-8-5-6-9-11-10/h2-9H,1H3/b3-2-,7-4+. The first-order valence-electron chi connectivity index (χ1n) is 3.64. The molecule has 1 nitrogen and oxygen atoms in total. The number of hydrogen-bond acceptors (Lipinski definition) is 1. The van der Waals surface area contributed by atoms with Gasteiger partial charge in [0.05, 0.1) is 5.69 Å². The second kappa shape index (κ2) is 4.45. The number of aromatic nitrogens is 1. The predicted molar refractivity (Wildman–Crippen MR) is 48.1 cm³/mol. The van der Waals surface area contributed by atoms with Crippen LogP contribution in [-0.4, -0.2) is 4.98 Å². The molecule has 0 unspecified atom stereocenters. The molecule has 0 aliphatic carbocycles. The van der Waals surface area contributed by atoms with Gasteiger partial charge >= 0.3 is 0 Å². The molecular weight excluding hydrogens is 134 g/mol. The molecule has 1 heterocycles. The van der Waals surface area contributed by atoms with E-state index in [9.17, 15) is 0 Å². The summed E-state index contributed by atoms with van der Waals surface area (Å²) in [6.07, 6.45) is 9.70. The first kappa shape index (κ1) is 7.73. The van der Waals surface area contributed by atoms with Crippen molar-refractivity contribution in [2.75, 3.05) is 0 Å². The lowest BCUT2D eigenvalue weighted by Crippen LogP contribution is -1.74. The Bertz CT molecular complexity index is 247. The first-order chi connectivity index (χ1) is 5.43. The normalized spacial score (nSPS) is 11.4. The van der Waals surface area contributed by atoms with Crippen molar-refractivity contribution >= 4 is 6.08 Å². The molecule has 0 bridgehead atoms. The summed E-state index contributed by atoms with van der Waals surface area (Å²) in [5.41, 5.74) is 0.991. The van der Waals surface area contributed by atoms with E-state index in [-0.39, 0.29) is 0 Å². The molecule has 1 heteroatoms. The van der Waals surface area contributed by atoms with Crippen LogP contribution >= 0.6 is 0 Å². The van der Waals surface area contributed by atoms with E-state index in [1.807, 2.05) is 49.4 Å². The molecule has 0 saturated carbocycles. The van der Waals surface area contributed by atoms with E-state index in [4.69, 9.17) is 0 Å². The SMILES string of the molecule is C/C=C\C=C\c1ccccn1. The van der Waals surface area contributed by atoms with E-state index in [1.54, 1.807) is 6.20 Å². The lowest BCUT2D eigenvalue weighted by Gasteiger charge is -1.86. The maximum absolute atomic E-state index is 4.13. The fourth-order valence-corrected chi connectivity index (χ4v) is 0.740. The molecular formula is C10H11N. The highest BCUT2D eigenvalue weighted by Gasteiger charge is 1.80. The van der Waals surface area contributed by atoms with Gasteiger partial charge in [-0.1, -0.05) is 24.3 Å². The van der Waals surface area contributed by atoms with Crippen molar-refractivity contribution < 1.29 is 0 Å². The maximum Gasteiger partial charge on any atom is 0.0629 e. The first-order valence-corrected chi connectivity index (χ1v) is 3.64. The average Bonchev–Trinajstić information content (AvgIpc) is 2.07. The van der Waals surface area contributed by atoms with Crippen LogP contribution in [0.15, 0.2) is 42.6 Å². The lowest BCUT2D eigenvalue weighted by atomic mass is 10.3. The second-order valence-corrected chi connectivity index (χ2v) is 2.14. The van der Waals surface area contributed by atoms with Gasteiger partial charge in [-0.15, -0.1) is 0 Å². The van der Waals surface area contributed by atoms with Gasteiger partial charge < -0.3 is 0 Å². The monoisotopic (exact) mass is 145 g/mol. The molecule has 0 atom stereocenters. The van der Waals surface area contributed by atoms with Crippen LogP contribution in [0.2, 0.25) is 0 Å². The molecule has 1 aromatic rings. The zero-order chi connectivity index (χ0) is 7.94. The minimum atomic E-state index is 0.991. The van der Waals surface area contributed by atoms with Crippen LogP contribution in [0.3, 0.4) is 0 Å². The van der Waals surface area contributed by atoms with E-state index in [1.165, 1.54) is 0 Å². The Morgan fingerprint density at radius 3 is 2.82 bits per heavy atom. The minimum Gasteiger partial charge on any atom is -0.257 e. The van der Waals surface area contributed by atoms with Crippen molar-refractivity contribution in [3.8, 4) is 0 Å². The second-order valence-electron chi connectivity index (χ2n) is 2.14. The van der Waals surface area contributed by atoms with Crippen LogP contribution in [-0.2, 0) is 0 Å². The van der Waals surface area contributed by atoms with E-state index >= 15 is 0 Å². The molecule has 0 spiro atoms. The molecule has 0 amide bonds. The smallest absolute Gasteiger partial charge is 0.0629 e. The van der Waals surface area contributed by atoms with Gasteiger partial charge in [0.1, 0.15) is 0 Å². The number of nitrogens with zero attached hydrogens (tertiary/aromatic N) is 1. The molecule has 11 heavy (non-hydrogen) atoms. The van der Waals surface area contributed by atoms with E-state index in [2.05, 4.69) is 4.98 Å². The summed E-state index contributed by atoms with van der Waals surface area (Å²) >= 11 is 0. The Labute approximate surface area is 67.1 Å². The van der Waals surface area contributed by atoms with Crippen LogP contribution in [0.25, 0.3) is 6.08 Å². The summed E-state index contributed by atoms with van der Waals surface area (Å²) in [6, 6.07) is 5.86. The topological polar surface area (TPSA) is 12.9 Å². The summed E-state index contributed by atoms with van der Waals surface area (Å²) in [6.45, 7) is 1.99. The van der Waals surface area contributed by atoms with Crippen LogP contribution in [0.4, 0.5) is 0 Å². The fourth-order valence-electron chi connectivity index (χ4n) is 0.740. The van der Waals surface area contributed by atoms with Gasteiger partial charge in [-0.25, -0.2) is 0 Å². The van der Waals surface area contributed by atoms with Crippen molar-refractivity contribution in [2.45, 2.75) is 6.92 Å². The van der Waals surface area contributed by atoms with Crippen molar-refractivity contribution in [3.63, 3.8) is 0 Å². The van der Waals surface area contributed by atoms with Crippen LogP contribution in [0.1, 0.15) is 12.6 Å². The lowest BCUT2D eigenvalue weighted by molar-refractivity contribution is 1.30. The number of rotatable bonds is 2. The summed E-state index contributed by atoms with van der Waals surface area (Å²) in [4.78, 5) is 4.13. The number of pyridine rings is 1. The van der Waals surface area contributed by atoms with Crippen LogP contribution in [0.5, 0.6) is 0 Å². The van der Waals surface area contributed by atoms with Gasteiger partial charge in [0.2, 0.25) is 0 Å². The quantitative estimate of drug-likeness (QED) is 0.583. The van der Waals surface area contributed by atoms with Crippen molar-refractivity contribution in [3.05, 3.63) is 48.3 Å². The Hall–Kier alpha value is -1.37. The van der Waals surface area contributed by atoms with Gasteiger partial charge in [-0.05, 0) is 25.1 Å². The van der Waals surface area contributed by atoms with Crippen LogP contribution in [0, 0.1) is 0 Å². The molecule has 0 fully saturated rings. The molecule has 0 aliphatic rings. The van der Waals surface area contributed by atoms with Crippen molar-refractivity contribution in [1.82, 2.24) is 4.98 Å². The minimum absolute atomic E-state index is 0.991. The summed E-state index contributed by atoms with van der Waals surface area (Å²) < 4.78 is 0. The molecule has 0 aromatic carbocycles. The highest BCUT2D eigenvalue weighted by atomic mass is 14.6. The Balaban J connectivity index is 2.64. The third-order valence-corrected chi connectivity index (χ3v) is 1.26. The fraction of sp³-hybridized carbons (Fsp3) is 0.100. The zero-order valence-electron chi connectivity index (χ0n) is 6.57. The Morgan fingerprint density at radius 2 is 2.18 bits per heavy atom. The van der Waals surface area contributed by atoms with Gasteiger partial charge in [0.15, 0.2) is 0 Å². The Morgan fingerprint density at radius 1 is 1.27 bits per heavy atom. The third kappa shape index (κ3) is 2.80. The van der Waals surface area contributed by atoms with E-state index < -0.39 is 0 Å². The molecule has 1 rings (SSSR count). The molecule has 0 aliphatic heterocycles. The molecule has 0 saturated heterocycles. The van der Waals surface area contributed by atoms with Gasteiger partial charge in [-0.2, -0.15) is 0 Å². The molecule has 0 radical (unpaired) electrons. The van der Waals surface area contributed by atoms with Crippen LogP contribution < -0.4 is 0 Å². The zero-order valence-corrected chi connectivity index (χ0v) is 6.57. The van der Waals surface area contributed by atoms with Gasteiger partial charge in [0, 0.05) is 6.20 Å². The van der Waals surface area contributed by atoms with E-state index in [0.717, 1.165) is 5.69 Å². The number of hydrogen-bond donors (Lipinski definition) is 0. The van der Waals surface area contributed by atoms with Crippen molar-refractivity contribution in [2.24, 2.45) is 0 Å².